The summed E-state index contributed by atoms with van der Waals surface area (Å²) < 4.78 is 12.4. The zero-order chi connectivity index (χ0) is 21.8. The number of halogens is 1. The Hall–Kier alpha value is -3.12. The molecule has 0 aliphatic rings. The number of carbonyl (C=O) groups is 1. The number of benzene rings is 3. The zero-order valence-corrected chi connectivity index (χ0v) is 19.0. The smallest absolute Gasteiger partial charge is 0.262 e. The quantitative estimate of drug-likeness (QED) is 0.317. The second kappa shape index (κ2) is 9.35. The van der Waals surface area contributed by atoms with Crippen LogP contribution in [0.3, 0.4) is 0 Å². The third kappa shape index (κ3) is 5.14. The average Bonchev–Trinajstić information content (AvgIpc) is 3.21. The monoisotopic (exact) mass is 478 g/mol. The number of hydrogen-bond donors (Lipinski definition) is 1. The summed E-state index contributed by atoms with van der Waals surface area (Å²) >= 11 is 3.42. The summed E-state index contributed by atoms with van der Waals surface area (Å²) in [7, 11) is 0. The van der Waals surface area contributed by atoms with Gasteiger partial charge in [0.05, 0.1) is 0 Å². The van der Waals surface area contributed by atoms with Gasteiger partial charge in [-0.25, -0.2) is 4.98 Å². The summed E-state index contributed by atoms with van der Waals surface area (Å²) in [6.45, 7) is 4.29. The summed E-state index contributed by atoms with van der Waals surface area (Å²) in [5, 5.41) is 2.85. The van der Waals surface area contributed by atoms with Crippen LogP contribution in [0.5, 0.6) is 5.75 Å². The number of rotatable bonds is 7. The van der Waals surface area contributed by atoms with E-state index < -0.39 is 0 Å². The van der Waals surface area contributed by atoms with Crippen molar-refractivity contribution in [1.82, 2.24) is 4.98 Å². The molecule has 158 valence electrons. The molecule has 3 aromatic carbocycles. The Morgan fingerprint density at radius 3 is 2.55 bits per heavy atom. The first-order chi connectivity index (χ1) is 15.0. The lowest BCUT2D eigenvalue weighted by Gasteiger charge is -2.11. The third-order valence-corrected chi connectivity index (χ3v) is 5.72. The summed E-state index contributed by atoms with van der Waals surface area (Å²) in [5.41, 5.74) is 4.13. The summed E-state index contributed by atoms with van der Waals surface area (Å²) in [5.74, 6) is 1.48. The maximum absolute atomic E-state index is 12.3. The van der Waals surface area contributed by atoms with Crippen molar-refractivity contribution >= 4 is 38.6 Å². The van der Waals surface area contributed by atoms with Crippen LogP contribution in [-0.2, 0) is 4.79 Å². The van der Waals surface area contributed by atoms with Crippen LogP contribution in [-0.4, -0.2) is 17.5 Å². The standard InChI is InChI=1S/C25H23BrN2O3/c1-3-16(2)17-6-11-21(12-7-17)30-15-24(29)27-20-10-13-23-22(14-20)28-25(31-23)18-4-8-19(26)9-5-18/h4-14,16H,3,15H2,1-2H3,(H,27,29)/t16-/m0/s1. The largest absolute Gasteiger partial charge is 0.484 e. The predicted octanol–water partition coefficient (Wildman–Crippen LogP) is 6.79. The first kappa shape index (κ1) is 21.1. The number of oxazole rings is 1. The summed E-state index contributed by atoms with van der Waals surface area (Å²) in [6, 6.07) is 21.0. The van der Waals surface area contributed by atoms with Crippen molar-refractivity contribution in [2.75, 3.05) is 11.9 Å². The minimum absolute atomic E-state index is 0.0658. The highest BCUT2D eigenvalue weighted by Gasteiger charge is 2.11. The zero-order valence-electron chi connectivity index (χ0n) is 17.4. The Morgan fingerprint density at radius 2 is 1.84 bits per heavy atom. The number of ether oxygens (including phenoxy) is 1. The Kier molecular flexibility index (Phi) is 6.37. The Morgan fingerprint density at radius 1 is 1.10 bits per heavy atom. The minimum Gasteiger partial charge on any atom is -0.484 e. The van der Waals surface area contributed by atoms with Crippen LogP contribution in [0.1, 0.15) is 31.7 Å². The summed E-state index contributed by atoms with van der Waals surface area (Å²) in [4.78, 5) is 16.9. The normalized spacial score (nSPS) is 12.0. The molecule has 1 aromatic heterocycles. The molecule has 1 amide bonds. The van der Waals surface area contributed by atoms with E-state index in [2.05, 4.69) is 40.1 Å². The predicted molar refractivity (Wildman–Crippen MR) is 126 cm³/mol. The molecule has 0 aliphatic heterocycles. The number of anilines is 1. The minimum atomic E-state index is -0.234. The molecule has 4 aromatic rings. The average molecular weight is 479 g/mol. The fourth-order valence-corrected chi connectivity index (χ4v) is 3.46. The Bertz CT molecular complexity index is 1180. The van der Waals surface area contributed by atoms with E-state index in [9.17, 15) is 4.79 Å². The van der Waals surface area contributed by atoms with Crippen LogP contribution in [0.15, 0.2) is 75.6 Å². The SMILES string of the molecule is CC[C@H](C)c1ccc(OCC(=O)Nc2ccc3oc(-c4ccc(Br)cc4)nc3c2)cc1. The highest BCUT2D eigenvalue weighted by molar-refractivity contribution is 9.10. The molecule has 0 aliphatic carbocycles. The number of hydrogen-bond acceptors (Lipinski definition) is 4. The fourth-order valence-electron chi connectivity index (χ4n) is 3.20. The van der Waals surface area contributed by atoms with E-state index >= 15 is 0 Å². The molecule has 0 saturated heterocycles. The van der Waals surface area contributed by atoms with Crippen LogP contribution in [0.4, 0.5) is 5.69 Å². The van der Waals surface area contributed by atoms with E-state index in [1.165, 1.54) is 5.56 Å². The van der Waals surface area contributed by atoms with Gasteiger partial charge in [-0.1, -0.05) is 41.9 Å². The van der Waals surface area contributed by atoms with Gasteiger partial charge in [0.15, 0.2) is 12.2 Å². The van der Waals surface area contributed by atoms with Crippen LogP contribution in [0, 0.1) is 0 Å². The first-order valence-corrected chi connectivity index (χ1v) is 11.0. The van der Waals surface area contributed by atoms with Crippen molar-refractivity contribution in [3.05, 3.63) is 76.8 Å². The molecule has 1 N–H and O–H groups in total. The summed E-state index contributed by atoms with van der Waals surface area (Å²) in [6.07, 6.45) is 1.09. The molecular weight excluding hydrogens is 456 g/mol. The first-order valence-electron chi connectivity index (χ1n) is 10.2. The molecular formula is C25H23BrN2O3. The van der Waals surface area contributed by atoms with Gasteiger partial charge >= 0.3 is 0 Å². The molecule has 0 unspecified atom stereocenters. The van der Waals surface area contributed by atoms with Crippen LogP contribution >= 0.6 is 15.9 Å². The number of amides is 1. The van der Waals surface area contributed by atoms with Crippen molar-refractivity contribution in [2.24, 2.45) is 0 Å². The maximum Gasteiger partial charge on any atom is 0.262 e. The molecule has 0 bridgehead atoms. The second-order valence-electron chi connectivity index (χ2n) is 7.42. The number of nitrogens with one attached hydrogen (secondary N) is 1. The van der Waals surface area contributed by atoms with E-state index in [4.69, 9.17) is 9.15 Å². The van der Waals surface area contributed by atoms with Crippen molar-refractivity contribution in [1.29, 1.82) is 0 Å². The van der Waals surface area contributed by atoms with Crippen molar-refractivity contribution < 1.29 is 13.9 Å². The van der Waals surface area contributed by atoms with E-state index in [1.54, 1.807) is 18.2 Å². The molecule has 0 spiro atoms. The second-order valence-corrected chi connectivity index (χ2v) is 8.34. The molecule has 1 atom stereocenters. The molecule has 1 heterocycles. The molecule has 4 rings (SSSR count). The van der Waals surface area contributed by atoms with E-state index in [-0.39, 0.29) is 12.5 Å². The van der Waals surface area contributed by atoms with Crippen molar-refractivity contribution in [2.45, 2.75) is 26.2 Å². The van der Waals surface area contributed by atoms with Crippen molar-refractivity contribution in [3.63, 3.8) is 0 Å². The number of aromatic nitrogens is 1. The van der Waals surface area contributed by atoms with Gasteiger partial charge in [-0.15, -0.1) is 0 Å². The van der Waals surface area contributed by atoms with Gasteiger partial charge in [0, 0.05) is 15.7 Å². The number of nitrogens with zero attached hydrogens (tertiary/aromatic N) is 1. The lowest BCUT2D eigenvalue weighted by molar-refractivity contribution is -0.118. The molecule has 0 saturated carbocycles. The maximum atomic E-state index is 12.3. The van der Waals surface area contributed by atoms with Crippen LogP contribution in [0.25, 0.3) is 22.6 Å². The fraction of sp³-hybridized carbons (Fsp3) is 0.200. The lowest BCUT2D eigenvalue weighted by atomic mass is 9.99. The van der Waals surface area contributed by atoms with Crippen LogP contribution in [0.2, 0.25) is 0 Å². The Balaban J connectivity index is 1.38. The Labute approximate surface area is 189 Å². The van der Waals surface area contributed by atoms with E-state index in [0.29, 0.717) is 34.3 Å². The number of fused-ring (bicyclic) bond motifs is 1. The van der Waals surface area contributed by atoms with E-state index in [1.807, 2.05) is 48.5 Å². The van der Waals surface area contributed by atoms with Gasteiger partial charge in [0.1, 0.15) is 11.3 Å². The van der Waals surface area contributed by atoms with Gasteiger partial charge in [-0.2, -0.15) is 0 Å². The van der Waals surface area contributed by atoms with Gasteiger partial charge < -0.3 is 14.5 Å². The van der Waals surface area contributed by atoms with Gasteiger partial charge in [0.25, 0.3) is 5.91 Å². The van der Waals surface area contributed by atoms with Gasteiger partial charge in [-0.05, 0) is 72.5 Å². The van der Waals surface area contributed by atoms with Gasteiger partial charge in [-0.3, -0.25) is 4.79 Å². The molecule has 6 heteroatoms. The lowest BCUT2D eigenvalue weighted by Crippen LogP contribution is -2.20. The van der Waals surface area contributed by atoms with Gasteiger partial charge in [0.2, 0.25) is 5.89 Å². The number of carbonyl (C=O) groups excluding carboxylic acids is 1. The highest BCUT2D eigenvalue weighted by atomic mass is 79.9. The molecule has 31 heavy (non-hydrogen) atoms. The molecule has 0 fully saturated rings. The van der Waals surface area contributed by atoms with E-state index in [0.717, 1.165) is 16.5 Å². The third-order valence-electron chi connectivity index (χ3n) is 5.19. The molecule has 5 nitrogen and oxygen atoms in total. The topological polar surface area (TPSA) is 64.4 Å². The van der Waals surface area contributed by atoms with Crippen LogP contribution < -0.4 is 10.1 Å². The molecule has 0 radical (unpaired) electrons. The highest BCUT2D eigenvalue weighted by Crippen LogP contribution is 2.27. The van der Waals surface area contributed by atoms with Crippen molar-refractivity contribution in [3.8, 4) is 17.2 Å².